The second kappa shape index (κ2) is 7.34. The molecular weight excluding hydrogens is 212 g/mol. The van der Waals surface area contributed by atoms with E-state index >= 15 is 0 Å². The number of hydrogen-bond donors (Lipinski definition) is 1. The van der Waals surface area contributed by atoms with Gasteiger partial charge in [-0.1, -0.05) is 19.3 Å². The lowest BCUT2D eigenvalue weighted by Crippen LogP contribution is -2.41. The van der Waals surface area contributed by atoms with Crippen molar-refractivity contribution in [2.45, 2.75) is 51.0 Å². The molecule has 0 radical (unpaired) electrons. The van der Waals surface area contributed by atoms with E-state index in [1.807, 2.05) is 0 Å². The summed E-state index contributed by atoms with van der Waals surface area (Å²) in [7, 11) is 0. The summed E-state index contributed by atoms with van der Waals surface area (Å²) in [6.45, 7) is 5.21. The molecule has 100 valence electrons. The molecule has 1 atom stereocenters. The molecule has 3 nitrogen and oxygen atoms in total. The fourth-order valence-corrected chi connectivity index (χ4v) is 3.22. The van der Waals surface area contributed by atoms with Crippen molar-refractivity contribution < 1.29 is 4.74 Å². The molecule has 0 aromatic rings. The van der Waals surface area contributed by atoms with Crippen LogP contribution in [-0.4, -0.2) is 43.8 Å². The predicted octanol–water partition coefficient (Wildman–Crippen LogP) is 2.01. The third-order valence-electron chi connectivity index (χ3n) is 4.26. The van der Waals surface area contributed by atoms with Crippen LogP contribution in [0.2, 0.25) is 0 Å². The summed E-state index contributed by atoms with van der Waals surface area (Å²) in [4.78, 5) is 2.71. The van der Waals surface area contributed by atoms with Gasteiger partial charge < -0.3 is 10.5 Å². The lowest BCUT2D eigenvalue weighted by Gasteiger charge is -2.35. The van der Waals surface area contributed by atoms with E-state index in [9.17, 15) is 0 Å². The quantitative estimate of drug-likeness (QED) is 0.772. The van der Waals surface area contributed by atoms with Crippen LogP contribution < -0.4 is 5.73 Å². The monoisotopic (exact) mass is 240 g/mol. The third-order valence-corrected chi connectivity index (χ3v) is 4.26. The first-order valence-corrected chi connectivity index (χ1v) is 7.42. The standard InChI is InChI=1S/C14H28N2O/c15-8-4-9-16(11-13-7-10-17-12-13)14-5-2-1-3-6-14/h13-14H,1-12,15H2. The molecule has 2 aliphatic rings. The van der Waals surface area contributed by atoms with Gasteiger partial charge in [-0.15, -0.1) is 0 Å². The summed E-state index contributed by atoms with van der Waals surface area (Å²) < 4.78 is 5.50. The molecule has 2 fully saturated rings. The maximum absolute atomic E-state index is 5.66. The lowest BCUT2D eigenvalue weighted by molar-refractivity contribution is 0.120. The first kappa shape index (κ1) is 13.3. The first-order chi connectivity index (χ1) is 8.40. The summed E-state index contributed by atoms with van der Waals surface area (Å²) in [6.07, 6.45) is 9.48. The van der Waals surface area contributed by atoms with Crippen LogP contribution in [0.1, 0.15) is 44.9 Å². The summed E-state index contributed by atoms with van der Waals surface area (Å²) in [5.41, 5.74) is 5.66. The third kappa shape index (κ3) is 4.23. The summed E-state index contributed by atoms with van der Waals surface area (Å²) >= 11 is 0. The predicted molar refractivity (Wildman–Crippen MR) is 71.0 cm³/mol. The number of nitrogens with zero attached hydrogens (tertiary/aromatic N) is 1. The van der Waals surface area contributed by atoms with Gasteiger partial charge in [-0.05, 0) is 44.7 Å². The Labute approximate surface area is 106 Å². The Morgan fingerprint density at radius 3 is 2.59 bits per heavy atom. The maximum atomic E-state index is 5.66. The van der Waals surface area contributed by atoms with Crippen LogP contribution in [0.5, 0.6) is 0 Å². The zero-order valence-electron chi connectivity index (χ0n) is 11.1. The molecule has 0 amide bonds. The Bertz CT molecular complexity index is 198. The van der Waals surface area contributed by atoms with Crippen LogP contribution in [0, 0.1) is 5.92 Å². The second-order valence-corrected chi connectivity index (χ2v) is 5.66. The highest BCUT2D eigenvalue weighted by Crippen LogP contribution is 2.25. The minimum absolute atomic E-state index is 0.773. The molecule has 0 aromatic heterocycles. The Kier molecular flexibility index (Phi) is 5.75. The molecule has 17 heavy (non-hydrogen) atoms. The van der Waals surface area contributed by atoms with Crippen molar-refractivity contribution in [1.29, 1.82) is 0 Å². The zero-order chi connectivity index (χ0) is 11.9. The molecule has 0 spiro atoms. The van der Waals surface area contributed by atoms with Crippen LogP contribution in [0.25, 0.3) is 0 Å². The van der Waals surface area contributed by atoms with Gasteiger partial charge >= 0.3 is 0 Å². The van der Waals surface area contributed by atoms with Gasteiger partial charge in [0.15, 0.2) is 0 Å². The molecule has 1 aliphatic heterocycles. The lowest BCUT2D eigenvalue weighted by atomic mass is 9.93. The molecular formula is C14H28N2O. The molecule has 1 unspecified atom stereocenters. The van der Waals surface area contributed by atoms with E-state index in [0.717, 1.165) is 38.1 Å². The van der Waals surface area contributed by atoms with Gasteiger partial charge in [0.2, 0.25) is 0 Å². The van der Waals surface area contributed by atoms with Crippen molar-refractivity contribution in [2.24, 2.45) is 11.7 Å². The van der Waals surface area contributed by atoms with Crippen molar-refractivity contribution in [1.82, 2.24) is 4.90 Å². The zero-order valence-corrected chi connectivity index (χ0v) is 11.1. The molecule has 2 rings (SSSR count). The maximum Gasteiger partial charge on any atom is 0.0507 e. The number of nitrogens with two attached hydrogens (primary N) is 1. The summed E-state index contributed by atoms with van der Waals surface area (Å²) in [5.74, 6) is 0.773. The van der Waals surface area contributed by atoms with Gasteiger partial charge in [-0.2, -0.15) is 0 Å². The Morgan fingerprint density at radius 2 is 1.94 bits per heavy atom. The molecule has 1 saturated carbocycles. The van der Waals surface area contributed by atoms with Crippen LogP contribution in [0.3, 0.4) is 0 Å². The fourth-order valence-electron chi connectivity index (χ4n) is 3.22. The number of rotatable bonds is 6. The molecule has 1 heterocycles. The van der Waals surface area contributed by atoms with E-state index < -0.39 is 0 Å². The van der Waals surface area contributed by atoms with Crippen LogP contribution in [0.15, 0.2) is 0 Å². The Hall–Kier alpha value is -0.120. The molecule has 0 aromatic carbocycles. The normalized spacial score (nSPS) is 26.8. The minimum Gasteiger partial charge on any atom is -0.381 e. The van der Waals surface area contributed by atoms with E-state index in [1.165, 1.54) is 51.6 Å². The van der Waals surface area contributed by atoms with Gasteiger partial charge in [0.1, 0.15) is 0 Å². The van der Waals surface area contributed by atoms with E-state index in [1.54, 1.807) is 0 Å². The highest BCUT2D eigenvalue weighted by atomic mass is 16.5. The van der Waals surface area contributed by atoms with Crippen molar-refractivity contribution >= 4 is 0 Å². The second-order valence-electron chi connectivity index (χ2n) is 5.66. The van der Waals surface area contributed by atoms with Crippen molar-refractivity contribution in [2.75, 3.05) is 32.8 Å². The van der Waals surface area contributed by atoms with E-state index in [2.05, 4.69) is 4.90 Å². The fraction of sp³-hybridized carbons (Fsp3) is 1.00. The molecule has 1 aliphatic carbocycles. The first-order valence-electron chi connectivity index (χ1n) is 7.42. The van der Waals surface area contributed by atoms with Gasteiger partial charge in [-0.25, -0.2) is 0 Å². The van der Waals surface area contributed by atoms with Crippen molar-refractivity contribution in [3.05, 3.63) is 0 Å². The Morgan fingerprint density at radius 1 is 1.12 bits per heavy atom. The molecule has 3 heteroatoms. The van der Waals surface area contributed by atoms with Crippen molar-refractivity contribution in [3.63, 3.8) is 0 Å². The molecule has 2 N–H and O–H groups in total. The van der Waals surface area contributed by atoms with Crippen LogP contribution in [-0.2, 0) is 4.74 Å². The minimum atomic E-state index is 0.773. The molecule has 1 saturated heterocycles. The van der Waals surface area contributed by atoms with Crippen LogP contribution >= 0.6 is 0 Å². The Balaban J connectivity index is 1.81. The molecule has 0 bridgehead atoms. The summed E-state index contributed by atoms with van der Waals surface area (Å²) in [6, 6.07) is 0.830. The average molecular weight is 240 g/mol. The highest BCUT2D eigenvalue weighted by molar-refractivity contribution is 4.79. The van der Waals surface area contributed by atoms with Gasteiger partial charge in [0, 0.05) is 19.2 Å². The van der Waals surface area contributed by atoms with E-state index in [-0.39, 0.29) is 0 Å². The van der Waals surface area contributed by atoms with Crippen molar-refractivity contribution in [3.8, 4) is 0 Å². The van der Waals surface area contributed by atoms with Gasteiger partial charge in [0.25, 0.3) is 0 Å². The largest absolute Gasteiger partial charge is 0.381 e. The van der Waals surface area contributed by atoms with E-state index in [4.69, 9.17) is 10.5 Å². The van der Waals surface area contributed by atoms with Crippen LogP contribution in [0.4, 0.5) is 0 Å². The van der Waals surface area contributed by atoms with E-state index in [0.29, 0.717) is 0 Å². The number of ether oxygens (including phenoxy) is 1. The average Bonchev–Trinajstić information content (AvgIpc) is 2.88. The van der Waals surface area contributed by atoms with Gasteiger partial charge in [0.05, 0.1) is 6.61 Å². The topological polar surface area (TPSA) is 38.5 Å². The highest BCUT2D eigenvalue weighted by Gasteiger charge is 2.25. The smallest absolute Gasteiger partial charge is 0.0507 e. The summed E-state index contributed by atoms with van der Waals surface area (Å²) in [5, 5.41) is 0. The SMILES string of the molecule is NCCCN(CC1CCOC1)C1CCCCC1. The van der Waals surface area contributed by atoms with Gasteiger partial charge in [-0.3, -0.25) is 4.90 Å². The number of hydrogen-bond acceptors (Lipinski definition) is 3.